The number of benzene rings is 1. The van der Waals surface area contributed by atoms with Crippen LogP contribution in [0.4, 0.5) is 0 Å². The molecule has 1 aromatic rings. The fourth-order valence-electron chi connectivity index (χ4n) is 2.86. The molecule has 0 unspecified atom stereocenters. The number of carbonyl (C=O) groups excluding carboxylic acids is 3. The average molecular weight is 414 g/mol. The van der Waals surface area contributed by atoms with Gasteiger partial charge in [0.05, 0.1) is 15.5 Å². The van der Waals surface area contributed by atoms with Crippen molar-refractivity contribution in [3.8, 4) is 0 Å². The molecule has 0 radical (unpaired) electrons. The second-order valence-electron chi connectivity index (χ2n) is 7.73. The Kier molecular flexibility index (Phi) is 5.64. The van der Waals surface area contributed by atoms with Gasteiger partial charge in [0.1, 0.15) is 23.5 Å². The summed E-state index contributed by atoms with van der Waals surface area (Å²) in [7, 11) is 0. The van der Waals surface area contributed by atoms with E-state index >= 15 is 0 Å². The second-order valence-corrected chi connectivity index (χ2v) is 8.52. The maximum absolute atomic E-state index is 12.9. The summed E-state index contributed by atoms with van der Waals surface area (Å²) in [6.45, 7) is 7.82. The first-order chi connectivity index (χ1) is 12.3. The van der Waals surface area contributed by atoms with Crippen molar-refractivity contribution in [2.45, 2.75) is 45.6 Å². The SMILES string of the molecule is CC(C)(C)OC(=O)CNC(=O)C1=C(O)c2ccc(Cl)c(Cl)c2C(C)(C)C1=O. The van der Waals surface area contributed by atoms with Crippen LogP contribution in [0.15, 0.2) is 17.7 Å². The molecule has 1 aliphatic rings. The molecule has 0 spiro atoms. The Balaban J connectivity index is 2.38. The van der Waals surface area contributed by atoms with E-state index in [-0.39, 0.29) is 15.6 Å². The monoisotopic (exact) mass is 413 g/mol. The van der Waals surface area contributed by atoms with Gasteiger partial charge in [0, 0.05) is 5.56 Å². The number of ketones is 1. The lowest BCUT2D eigenvalue weighted by atomic mass is 9.71. The summed E-state index contributed by atoms with van der Waals surface area (Å²) in [4.78, 5) is 37.2. The molecule has 1 aliphatic carbocycles. The lowest BCUT2D eigenvalue weighted by molar-refractivity contribution is -0.154. The number of fused-ring (bicyclic) bond motifs is 1. The van der Waals surface area contributed by atoms with Crippen LogP contribution in [0.25, 0.3) is 5.76 Å². The molecule has 0 bridgehead atoms. The van der Waals surface area contributed by atoms with E-state index in [4.69, 9.17) is 27.9 Å². The number of amides is 1. The number of rotatable bonds is 3. The molecule has 0 atom stereocenters. The van der Waals surface area contributed by atoms with Crippen molar-refractivity contribution in [2.75, 3.05) is 6.54 Å². The van der Waals surface area contributed by atoms with Crippen LogP contribution in [0.5, 0.6) is 0 Å². The number of Topliss-reactive ketones (excluding diaryl/α,β-unsaturated/α-hetero) is 1. The third kappa shape index (κ3) is 4.12. The van der Waals surface area contributed by atoms with Crippen LogP contribution in [0.1, 0.15) is 45.7 Å². The van der Waals surface area contributed by atoms with Crippen molar-refractivity contribution in [1.29, 1.82) is 0 Å². The summed E-state index contributed by atoms with van der Waals surface area (Å²) >= 11 is 12.3. The van der Waals surface area contributed by atoms with Crippen LogP contribution in [0.2, 0.25) is 10.0 Å². The molecular formula is C19H21Cl2NO5. The van der Waals surface area contributed by atoms with Gasteiger partial charge in [-0.05, 0) is 52.3 Å². The Morgan fingerprint density at radius 3 is 2.37 bits per heavy atom. The minimum absolute atomic E-state index is 0.146. The fourth-order valence-corrected chi connectivity index (χ4v) is 3.41. The molecular weight excluding hydrogens is 393 g/mol. The van der Waals surface area contributed by atoms with E-state index in [1.807, 2.05) is 0 Å². The number of carbonyl (C=O) groups is 3. The predicted molar refractivity (Wildman–Crippen MR) is 103 cm³/mol. The zero-order valence-electron chi connectivity index (χ0n) is 15.7. The van der Waals surface area contributed by atoms with E-state index in [2.05, 4.69) is 5.32 Å². The van der Waals surface area contributed by atoms with Gasteiger partial charge in [-0.3, -0.25) is 14.4 Å². The summed E-state index contributed by atoms with van der Waals surface area (Å²) in [5.74, 6) is -2.66. The first-order valence-corrected chi connectivity index (χ1v) is 9.00. The summed E-state index contributed by atoms with van der Waals surface area (Å²) < 4.78 is 5.11. The topological polar surface area (TPSA) is 92.7 Å². The number of ether oxygens (including phenoxy) is 1. The van der Waals surface area contributed by atoms with E-state index < -0.39 is 46.6 Å². The van der Waals surface area contributed by atoms with E-state index in [0.717, 1.165) is 0 Å². The van der Waals surface area contributed by atoms with Crippen LogP contribution < -0.4 is 5.32 Å². The van der Waals surface area contributed by atoms with Gasteiger partial charge in [-0.25, -0.2) is 0 Å². The van der Waals surface area contributed by atoms with Crippen LogP contribution in [-0.2, 0) is 24.5 Å². The van der Waals surface area contributed by atoms with Gasteiger partial charge >= 0.3 is 5.97 Å². The Morgan fingerprint density at radius 1 is 1.22 bits per heavy atom. The van der Waals surface area contributed by atoms with Gasteiger partial charge in [0.15, 0.2) is 5.78 Å². The fraction of sp³-hybridized carbons (Fsp3) is 0.421. The number of esters is 1. The van der Waals surface area contributed by atoms with E-state index in [9.17, 15) is 19.5 Å². The minimum Gasteiger partial charge on any atom is -0.506 e. The van der Waals surface area contributed by atoms with Crippen molar-refractivity contribution in [2.24, 2.45) is 0 Å². The molecule has 0 aromatic heterocycles. The van der Waals surface area contributed by atoms with Crippen molar-refractivity contribution in [1.82, 2.24) is 5.32 Å². The van der Waals surface area contributed by atoms with Gasteiger partial charge in [-0.1, -0.05) is 23.2 Å². The van der Waals surface area contributed by atoms with E-state index in [0.29, 0.717) is 5.56 Å². The average Bonchev–Trinajstić information content (AvgIpc) is 2.52. The minimum atomic E-state index is -1.19. The zero-order chi connectivity index (χ0) is 20.7. The van der Waals surface area contributed by atoms with Crippen molar-refractivity contribution >= 4 is 46.6 Å². The second kappa shape index (κ2) is 7.17. The summed E-state index contributed by atoms with van der Waals surface area (Å²) in [5.41, 5.74) is -1.74. The number of aliphatic hydroxyl groups is 1. The largest absolute Gasteiger partial charge is 0.506 e. The number of hydrogen-bond donors (Lipinski definition) is 2. The first-order valence-electron chi connectivity index (χ1n) is 8.24. The summed E-state index contributed by atoms with van der Waals surface area (Å²) in [5, 5.41) is 13.2. The number of nitrogens with one attached hydrogen (secondary N) is 1. The lowest BCUT2D eigenvalue weighted by Crippen LogP contribution is -2.43. The van der Waals surface area contributed by atoms with Crippen molar-refractivity contribution in [3.05, 3.63) is 38.9 Å². The quantitative estimate of drug-likeness (QED) is 0.583. The third-order valence-electron chi connectivity index (χ3n) is 4.05. The van der Waals surface area contributed by atoms with Crippen molar-refractivity contribution in [3.63, 3.8) is 0 Å². The van der Waals surface area contributed by atoms with Gasteiger partial charge in [-0.15, -0.1) is 0 Å². The van der Waals surface area contributed by atoms with Gasteiger partial charge in [-0.2, -0.15) is 0 Å². The van der Waals surface area contributed by atoms with Crippen LogP contribution in [0.3, 0.4) is 0 Å². The lowest BCUT2D eigenvalue weighted by Gasteiger charge is -2.32. The smallest absolute Gasteiger partial charge is 0.325 e. The Bertz CT molecular complexity index is 866. The van der Waals surface area contributed by atoms with Crippen LogP contribution >= 0.6 is 23.2 Å². The Hall–Kier alpha value is -2.05. The molecule has 27 heavy (non-hydrogen) atoms. The van der Waals surface area contributed by atoms with Gasteiger partial charge < -0.3 is 15.2 Å². The molecule has 1 amide bonds. The van der Waals surface area contributed by atoms with Gasteiger partial charge in [0.2, 0.25) is 0 Å². The highest BCUT2D eigenvalue weighted by molar-refractivity contribution is 6.43. The third-order valence-corrected chi connectivity index (χ3v) is 4.85. The van der Waals surface area contributed by atoms with Crippen LogP contribution in [-0.4, -0.2) is 34.9 Å². The molecule has 0 saturated carbocycles. The highest BCUT2D eigenvalue weighted by atomic mass is 35.5. The molecule has 0 aliphatic heterocycles. The molecule has 0 saturated heterocycles. The Labute approximate surface area is 167 Å². The van der Waals surface area contributed by atoms with Crippen LogP contribution in [0, 0.1) is 0 Å². The molecule has 0 heterocycles. The number of hydrogen-bond acceptors (Lipinski definition) is 5. The molecule has 0 fully saturated rings. The maximum atomic E-state index is 12.9. The molecule has 146 valence electrons. The summed E-state index contributed by atoms with van der Waals surface area (Å²) in [6.07, 6.45) is 0. The molecule has 2 rings (SSSR count). The molecule has 1 aromatic carbocycles. The first kappa shape index (κ1) is 21.3. The van der Waals surface area contributed by atoms with Crippen molar-refractivity contribution < 1.29 is 24.2 Å². The normalized spacial score (nSPS) is 16.0. The highest BCUT2D eigenvalue weighted by Gasteiger charge is 2.45. The summed E-state index contributed by atoms with van der Waals surface area (Å²) in [6, 6.07) is 2.97. The highest BCUT2D eigenvalue weighted by Crippen LogP contribution is 2.45. The maximum Gasteiger partial charge on any atom is 0.325 e. The Morgan fingerprint density at radius 2 is 1.81 bits per heavy atom. The zero-order valence-corrected chi connectivity index (χ0v) is 17.2. The van der Waals surface area contributed by atoms with E-state index in [1.165, 1.54) is 12.1 Å². The van der Waals surface area contributed by atoms with E-state index in [1.54, 1.807) is 34.6 Å². The van der Waals surface area contributed by atoms with Gasteiger partial charge in [0.25, 0.3) is 5.91 Å². The standard InChI is InChI=1S/C19H21Cl2NO5/c1-18(2,3)27-11(23)8-22-17(26)12-15(24)9-6-7-10(20)14(21)13(9)19(4,5)16(12)25/h6-7,24H,8H2,1-5H3,(H,22,26). The number of aliphatic hydroxyl groups excluding tert-OH is 1. The predicted octanol–water partition coefficient (Wildman–Crippen LogP) is 3.58. The molecule has 8 heteroatoms. The molecule has 2 N–H and O–H groups in total. The molecule has 6 nitrogen and oxygen atoms in total. The number of halogens is 2.